The topological polar surface area (TPSA) is 29.5 Å². The highest BCUT2D eigenvalue weighted by Gasteiger charge is 2.51. The van der Waals surface area contributed by atoms with Gasteiger partial charge in [0, 0.05) is 11.8 Å². The lowest BCUT2D eigenvalue weighted by atomic mass is 9.63. The van der Waals surface area contributed by atoms with E-state index in [1.807, 2.05) is 103 Å². The quantitative estimate of drug-likeness (QED) is 0.189. The van der Waals surface area contributed by atoms with E-state index in [2.05, 4.69) is 48.5 Å². The molecule has 0 aliphatic rings. The summed E-state index contributed by atoms with van der Waals surface area (Å²) in [5.74, 6) is -0.606. The van der Waals surface area contributed by atoms with Crippen LogP contribution in [0.5, 0.6) is 0 Å². The third-order valence-electron chi connectivity index (χ3n) is 6.77. The molecule has 0 saturated heterocycles. The summed E-state index contributed by atoms with van der Waals surface area (Å²) < 4.78 is 0. The minimum atomic E-state index is -1.16. The Balaban J connectivity index is 1.89. The van der Waals surface area contributed by atoms with E-state index in [0.717, 1.165) is 27.8 Å². The zero-order valence-corrected chi connectivity index (χ0v) is 19.4. The first kappa shape index (κ1) is 22.8. The fourth-order valence-corrected chi connectivity index (χ4v) is 5.31. The van der Waals surface area contributed by atoms with Gasteiger partial charge in [0.25, 0.3) is 0 Å². The molecular weight excluding hydrogens is 428 g/mol. The Labute approximate surface area is 207 Å². The molecule has 2 nitrogen and oxygen atoms in total. The number of benzene rings is 5. The fourth-order valence-electron chi connectivity index (χ4n) is 5.31. The predicted octanol–water partition coefficient (Wildman–Crippen LogP) is 8.04. The fraction of sp³-hybridized carbons (Fsp3) is 0.0909. The van der Waals surface area contributed by atoms with Gasteiger partial charge in [-0.2, -0.15) is 0 Å². The van der Waals surface area contributed by atoms with E-state index < -0.39 is 5.60 Å². The number of rotatable bonds is 8. The largest absolute Gasteiger partial charge is 0.251 e. The maximum Gasteiger partial charge on any atom is 0.150 e. The molecule has 1 N–H and O–H groups in total. The van der Waals surface area contributed by atoms with Gasteiger partial charge >= 0.3 is 0 Å². The van der Waals surface area contributed by atoms with Crippen molar-refractivity contribution in [3.05, 3.63) is 179 Å². The molecule has 35 heavy (non-hydrogen) atoms. The molecule has 0 atom stereocenters. The Morgan fingerprint density at radius 1 is 0.400 bits per heavy atom. The van der Waals surface area contributed by atoms with Crippen molar-refractivity contribution >= 4 is 0 Å². The van der Waals surface area contributed by atoms with E-state index in [1.54, 1.807) is 0 Å². The molecule has 0 amide bonds. The highest BCUT2D eigenvalue weighted by atomic mass is 17.1. The lowest BCUT2D eigenvalue weighted by Crippen LogP contribution is -2.43. The molecule has 0 aliphatic carbocycles. The molecule has 2 heteroatoms. The molecule has 5 aromatic carbocycles. The van der Waals surface area contributed by atoms with Gasteiger partial charge in [0.2, 0.25) is 0 Å². The Morgan fingerprint density at radius 3 is 0.914 bits per heavy atom. The maximum atomic E-state index is 11.1. The number of hydrogen-bond acceptors (Lipinski definition) is 2. The molecule has 5 rings (SSSR count). The van der Waals surface area contributed by atoms with Crippen LogP contribution in [0.1, 0.15) is 39.7 Å². The van der Waals surface area contributed by atoms with Crippen LogP contribution in [0.25, 0.3) is 0 Å². The second kappa shape index (κ2) is 10.5. The first-order valence-electron chi connectivity index (χ1n) is 11.9. The molecule has 0 saturated carbocycles. The van der Waals surface area contributed by atoms with Crippen LogP contribution >= 0.6 is 0 Å². The van der Waals surface area contributed by atoms with Crippen LogP contribution in [0.4, 0.5) is 0 Å². The van der Waals surface area contributed by atoms with Crippen molar-refractivity contribution in [1.82, 2.24) is 0 Å². The molecule has 0 spiro atoms. The Bertz CT molecular complexity index is 1140. The second-order valence-electron chi connectivity index (χ2n) is 8.76. The molecule has 0 aromatic heterocycles. The highest BCUT2D eigenvalue weighted by molar-refractivity contribution is 5.48. The molecule has 0 unspecified atom stereocenters. The van der Waals surface area contributed by atoms with Gasteiger partial charge in [-0.05, 0) is 27.8 Å². The molecular formula is C33H28O2. The van der Waals surface area contributed by atoms with Crippen LogP contribution in [0.15, 0.2) is 152 Å². The van der Waals surface area contributed by atoms with Crippen LogP contribution in [0, 0.1) is 0 Å². The normalized spacial score (nSPS) is 11.6. The van der Waals surface area contributed by atoms with E-state index in [4.69, 9.17) is 4.89 Å². The summed E-state index contributed by atoms with van der Waals surface area (Å²) in [5, 5.41) is 11.1. The van der Waals surface area contributed by atoms with Crippen molar-refractivity contribution in [3.63, 3.8) is 0 Å². The second-order valence-corrected chi connectivity index (χ2v) is 8.76. The lowest BCUT2D eigenvalue weighted by molar-refractivity contribution is -0.338. The summed E-state index contributed by atoms with van der Waals surface area (Å²) in [5.41, 5.74) is 3.99. The zero-order valence-electron chi connectivity index (χ0n) is 19.4. The van der Waals surface area contributed by atoms with E-state index in [9.17, 15) is 5.26 Å². The van der Waals surface area contributed by atoms with Gasteiger partial charge in [-0.3, -0.25) is 5.26 Å². The van der Waals surface area contributed by atoms with Crippen molar-refractivity contribution in [2.24, 2.45) is 0 Å². The minimum Gasteiger partial charge on any atom is -0.251 e. The van der Waals surface area contributed by atoms with Gasteiger partial charge in [0.05, 0.1) is 0 Å². The Morgan fingerprint density at radius 2 is 0.657 bits per heavy atom. The van der Waals surface area contributed by atoms with Crippen molar-refractivity contribution in [1.29, 1.82) is 0 Å². The van der Waals surface area contributed by atoms with Gasteiger partial charge in [0.1, 0.15) is 5.60 Å². The molecule has 5 aromatic rings. The molecule has 0 aliphatic heterocycles. The third kappa shape index (κ3) is 4.42. The van der Waals surface area contributed by atoms with Gasteiger partial charge in [-0.1, -0.05) is 152 Å². The summed E-state index contributed by atoms with van der Waals surface area (Å²) in [4.78, 5) is 5.87. The minimum absolute atomic E-state index is 0.303. The number of hydrogen-bond donors (Lipinski definition) is 1. The van der Waals surface area contributed by atoms with Crippen LogP contribution < -0.4 is 0 Å². The van der Waals surface area contributed by atoms with Crippen molar-refractivity contribution in [2.45, 2.75) is 17.4 Å². The van der Waals surface area contributed by atoms with Gasteiger partial charge in [0.15, 0.2) is 0 Å². The molecule has 0 fully saturated rings. The standard InChI is InChI=1S/C33H28O2/c34-35-33(30-24-14-5-15-25-30,31(26-16-6-1-7-17-26)27-18-8-2-9-19-27)32(28-20-10-3-11-21-28)29-22-12-4-13-23-29/h1-25,31-32,34H. The van der Waals surface area contributed by atoms with Crippen LogP contribution in [-0.4, -0.2) is 5.26 Å². The SMILES string of the molecule is OOC(c1ccccc1)(C(c1ccccc1)c1ccccc1)C(c1ccccc1)c1ccccc1. The highest BCUT2D eigenvalue weighted by Crippen LogP contribution is 2.54. The van der Waals surface area contributed by atoms with Crippen molar-refractivity contribution in [3.8, 4) is 0 Å². The zero-order chi connectivity index (χ0) is 23.9. The third-order valence-corrected chi connectivity index (χ3v) is 6.77. The summed E-state index contributed by atoms with van der Waals surface area (Å²) in [6.07, 6.45) is 0. The predicted molar refractivity (Wildman–Crippen MR) is 141 cm³/mol. The van der Waals surface area contributed by atoms with E-state index in [1.165, 1.54) is 0 Å². The first-order valence-corrected chi connectivity index (χ1v) is 11.9. The lowest BCUT2D eigenvalue weighted by Gasteiger charge is -2.45. The summed E-state index contributed by atoms with van der Waals surface area (Å²) >= 11 is 0. The average molecular weight is 457 g/mol. The molecule has 0 heterocycles. The van der Waals surface area contributed by atoms with Crippen LogP contribution in [0.3, 0.4) is 0 Å². The summed E-state index contributed by atoms with van der Waals surface area (Å²) in [7, 11) is 0. The summed E-state index contributed by atoms with van der Waals surface area (Å²) in [6.45, 7) is 0. The van der Waals surface area contributed by atoms with E-state index in [-0.39, 0.29) is 11.8 Å². The molecule has 0 radical (unpaired) electrons. The Kier molecular flexibility index (Phi) is 6.85. The molecule has 0 bridgehead atoms. The van der Waals surface area contributed by atoms with Crippen LogP contribution in [-0.2, 0) is 10.5 Å². The first-order chi connectivity index (χ1) is 17.3. The van der Waals surface area contributed by atoms with Crippen molar-refractivity contribution in [2.75, 3.05) is 0 Å². The van der Waals surface area contributed by atoms with Gasteiger partial charge in [-0.15, -0.1) is 0 Å². The maximum absolute atomic E-state index is 11.1. The summed E-state index contributed by atoms with van der Waals surface area (Å²) in [6, 6.07) is 51.4. The monoisotopic (exact) mass is 456 g/mol. The van der Waals surface area contributed by atoms with Crippen LogP contribution in [0.2, 0.25) is 0 Å². The average Bonchev–Trinajstić information content (AvgIpc) is 2.95. The van der Waals surface area contributed by atoms with Gasteiger partial charge in [-0.25, -0.2) is 4.89 Å². The van der Waals surface area contributed by atoms with Gasteiger partial charge < -0.3 is 0 Å². The van der Waals surface area contributed by atoms with E-state index in [0.29, 0.717) is 0 Å². The van der Waals surface area contributed by atoms with Crippen molar-refractivity contribution < 1.29 is 10.1 Å². The molecule has 172 valence electrons. The van der Waals surface area contributed by atoms with E-state index >= 15 is 0 Å². The smallest absolute Gasteiger partial charge is 0.150 e. The Hall–Kier alpha value is -3.98.